The lowest BCUT2D eigenvalue weighted by Crippen LogP contribution is -2.21. The third kappa shape index (κ3) is 1.93. The fraction of sp³-hybridized carbons (Fsp3) is 0.462. The number of phenols is 2. The smallest absolute Gasteiger partial charge is 0.235 e. The van der Waals surface area contributed by atoms with E-state index in [0.717, 1.165) is 36.8 Å². The zero-order valence-corrected chi connectivity index (χ0v) is 11.6. The summed E-state index contributed by atoms with van der Waals surface area (Å²) in [6.45, 7) is 1.83. The minimum absolute atomic E-state index is 0.175. The SMILES string of the molecule is Cc1cc(O)c(O)c(Br)c1C1(N=C=O)CCCC1. The normalized spacial score (nSPS) is 17.4. The number of benzene rings is 1. The molecule has 2 N–H and O–H groups in total. The van der Waals surface area contributed by atoms with Gasteiger partial charge >= 0.3 is 0 Å². The zero-order chi connectivity index (χ0) is 13.3. The second-order valence-corrected chi connectivity index (χ2v) is 5.48. The van der Waals surface area contributed by atoms with E-state index in [1.54, 1.807) is 6.08 Å². The Morgan fingerprint density at radius 3 is 2.56 bits per heavy atom. The van der Waals surface area contributed by atoms with Gasteiger partial charge in [-0.15, -0.1) is 0 Å². The van der Waals surface area contributed by atoms with Gasteiger partial charge in [0.05, 0.1) is 10.0 Å². The Morgan fingerprint density at radius 1 is 1.39 bits per heavy atom. The van der Waals surface area contributed by atoms with E-state index in [9.17, 15) is 15.0 Å². The lowest BCUT2D eigenvalue weighted by atomic mass is 9.85. The Balaban J connectivity index is 2.69. The van der Waals surface area contributed by atoms with Crippen molar-refractivity contribution < 1.29 is 15.0 Å². The highest BCUT2D eigenvalue weighted by atomic mass is 79.9. The van der Waals surface area contributed by atoms with Crippen molar-refractivity contribution in [1.82, 2.24) is 0 Å². The summed E-state index contributed by atoms with van der Waals surface area (Å²) in [5, 5.41) is 19.4. The summed E-state index contributed by atoms with van der Waals surface area (Å²) in [7, 11) is 0. The lowest BCUT2D eigenvalue weighted by molar-refractivity contribution is 0.393. The number of halogens is 1. The van der Waals surface area contributed by atoms with Gasteiger partial charge in [0.1, 0.15) is 0 Å². The van der Waals surface area contributed by atoms with Gasteiger partial charge in [-0.25, -0.2) is 4.79 Å². The van der Waals surface area contributed by atoms with Crippen LogP contribution in [0.4, 0.5) is 0 Å². The molecule has 4 nitrogen and oxygen atoms in total. The molecule has 0 unspecified atom stereocenters. The van der Waals surface area contributed by atoms with Crippen molar-refractivity contribution in [3.05, 3.63) is 21.7 Å². The van der Waals surface area contributed by atoms with Gasteiger partial charge in [0, 0.05) is 5.56 Å². The third-order valence-corrected chi connectivity index (χ3v) is 4.35. The van der Waals surface area contributed by atoms with Crippen LogP contribution in [0.2, 0.25) is 0 Å². The number of hydrogen-bond acceptors (Lipinski definition) is 4. The first-order valence-electron chi connectivity index (χ1n) is 5.82. The molecule has 1 aromatic carbocycles. The van der Waals surface area contributed by atoms with E-state index in [0.29, 0.717) is 4.47 Å². The molecule has 1 aromatic rings. The van der Waals surface area contributed by atoms with Crippen LogP contribution in [0, 0.1) is 6.92 Å². The number of aromatic hydroxyl groups is 2. The molecular formula is C13H14BrNO3. The third-order valence-electron chi connectivity index (χ3n) is 3.57. The van der Waals surface area contributed by atoms with Gasteiger partial charge in [-0.05, 0) is 47.3 Å². The Hall–Kier alpha value is -1.32. The van der Waals surface area contributed by atoms with Gasteiger partial charge < -0.3 is 10.2 Å². The van der Waals surface area contributed by atoms with Crippen LogP contribution in [-0.4, -0.2) is 16.3 Å². The van der Waals surface area contributed by atoms with Crippen molar-refractivity contribution >= 4 is 22.0 Å². The summed E-state index contributed by atoms with van der Waals surface area (Å²) < 4.78 is 0.418. The predicted octanol–water partition coefficient (Wildman–Crippen LogP) is 3.27. The van der Waals surface area contributed by atoms with Crippen molar-refractivity contribution in [2.24, 2.45) is 4.99 Å². The minimum Gasteiger partial charge on any atom is -0.504 e. The van der Waals surface area contributed by atoms with Gasteiger partial charge in [0.25, 0.3) is 0 Å². The van der Waals surface area contributed by atoms with Gasteiger partial charge in [0.15, 0.2) is 11.5 Å². The number of carbonyl (C=O) groups excluding carboxylic acids is 1. The van der Waals surface area contributed by atoms with Crippen LogP contribution in [0.5, 0.6) is 11.5 Å². The Bertz CT molecular complexity index is 530. The standard InChI is InChI=1S/C13H14BrNO3/c1-8-6-9(17)12(18)11(14)10(8)13(15-7-16)4-2-3-5-13/h6,17-18H,2-5H2,1H3. The fourth-order valence-corrected chi connectivity index (χ4v) is 3.67. The number of hydrogen-bond donors (Lipinski definition) is 2. The van der Waals surface area contributed by atoms with Gasteiger partial charge in [-0.3, -0.25) is 0 Å². The van der Waals surface area contributed by atoms with E-state index in [4.69, 9.17) is 0 Å². The van der Waals surface area contributed by atoms with Crippen LogP contribution < -0.4 is 0 Å². The molecule has 0 atom stereocenters. The maximum atomic E-state index is 10.7. The van der Waals surface area contributed by atoms with Gasteiger partial charge in [0.2, 0.25) is 6.08 Å². The van der Waals surface area contributed by atoms with Crippen molar-refractivity contribution in [1.29, 1.82) is 0 Å². The molecule has 0 spiro atoms. The molecule has 0 bridgehead atoms. The Kier molecular flexibility index (Phi) is 3.46. The van der Waals surface area contributed by atoms with Crippen LogP contribution in [0.15, 0.2) is 15.5 Å². The number of phenolic OH excluding ortho intramolecular Hbond substituents is 2. The second kappa shape index (κ2) is 4.75. The van der Waals surface area contributed by atoms with Gasteiger partial charge in [-0.2, -0.15) is 4.99 Å². The van der Waals surface area contributed by atoms with Crippen LogP contribution in [0.25, 0.3) is 0 Å². The highest BCUT2D eigenvalue weighted by Gasteiger charge is 2.39. The molecule has 96 valence electrons. The molecule has 18 heavy (non-hydrogen) atoms. The largest absolute Gasteiger partial charge is 0.504 e. The first kappa shape index (κ1) is 13.1. The molecular weight excluding hydrogens is 298 g/mol. The maximum Gasteiger partial charge on any atom is 0.235 e. The summed E-state index contributed by atoms with van der Waals surface area (Å²) in [5.41, 5.74) is 0.965. The van der Waals surface area contributed by atoms with Crippen LogP contribution >= 0.6 is 15.9 Å². The fourth-order valence-electron chi connectivity index (χ4n) is 2.79. The summed E-state index contributed by atoms with van der Waals surface area (Å²) in [4.78, 5) is 14.7. The topological polar surface area (TPSA) is 69.9 Å². The number of isocyanates is 1. The van der Waals surface area contributed by atoms with Crippen molar-refractivity contribution in [2.75, 3.05) is 0 Å². The molecule has 5 heteroatoms. The number of nitrogens with zero attached hydrogens (tertiary/aromatic N) is 1. The molecule has 1 fully saturated rings. The highest BCUT2D eigenvalue weighted by Crippen LogP contribution is 2.50. The Morgan fingerprint density at radius 2 is 2.00 bits per heavy atom. The van der Waals surface area contributed by atoms with E-state index in [-0.39, 0.29) is 11.5 Å². The molecule has 1 aliphatic rings. The summed E-state index contributed by atoms with van der Waals surface area (Å²) in [5.74, 6) is -0.380. The first-order valence-corrected chi connectivity index (χ1v) is 6.61. The molecule has 0 radical (unpaired) electrons. The first-order chi connectivity index (χ1) is 8.52. The highest BCUT2D eigenvalue weighted by molar-refractivity contribution is 9.10. The second-order valence-electron chi connectivity index (χ2n) is 4.69. The molecule has 2 rings (SSSR count). The quantitative estimate of drug-likeness (QED) is 0.500. The number of rotatable bonds is 2. The van der Waals surface area contributed by atoms with E-state index < -0.39 is 5.54 Å². The van der Waals surface area contributed by atoms with Gasteiger partial charge in [-0.1, -0.05) is 12.8 Å². The maximum absolute atomic E-state index is 10.7. The molecule has 0 aliphatic heterocycles. The van der Waals surface area contributed by atoms with Crippen molar-refractivity contribution in [2.45, 2.75) is 38.1 Å². The summed E-state index contributed by atoms with van der Waals surface area (Å²) in [6, 6.07) is 1.50. The monoisotopic (exact) mass is 311 g/mol. The molecule has 1 saturated carbocycles. The van der Waals surface area contributed by atoms with E-state index >= 15 is 0 Å². The lowest BCUT2D eigenvalue weighted by Gasteiger charge is -2.26. The average Bonchev–Trinajstić information content (AvgIpc) is 2.76. The van der Waals surface area contributed by atoms with E-state index in [2.05, 4.69) is 20.9 Å². The number of aliphatic imine (C=N–C) groups is 1. The van der Waals surface area contributed by atoms with Crippen LogP contribution in [0.1, 0.15) is 36.8 Å². The zero-order valence-electron chi connectivity index (χ0n) is 10.0. The van der Waals surface area contributed by atoms with Crippen molar-refractivity contribution in [3.63, 3.8) is 0 Å². The average molecular weight is 312 g/mol. The molecule has 0 saturated heterocycles. The predicted molar refractivity (Wildman–Crippen MR) is 70.5 cm³/mol. The summed E-state index contributed by atoms with van der Waals surface area (Å²) in [6.07, 6.45) is 5.13. The van der Waals surface area contributed by atoms with E-state index in [1.807, 2.05) is 6.92 Å². The number of aryl methyl sites for hydroxylation is 1. The van der Waals surface area contributed by atoms with Crippen LogP contribution in [0.3, 0.4) is 0 Å². The molecule has 0 heterocycles. The Labute approximate surface area is 113 Å². The summed E-state index contributed by atoms with van der Waals surface area (Å²) >= 11 is 3.30. The van der Waals surface area contributed by atoms with Crippen molar-refractivity contribution in [3.8, 4) is 11.5 Å². The van der Waals surface area contributed by atoms with E-state index in [1.165, 1.54) is 6.07 Å². The molecule has 0 amide bonds. The molecule has 0 aromatic heterocycles. The molecule has 1 aliphatic carbocycles. The van der Waals surface area contributed by atoms with Crippen LogP contribution in [-0.2, 0) is 10.3 Å². The minimum atomic E-state index is -0.615.